The molecule has 35 heavy (non-hydrogen) atoms. The van der Waals surface area contributed by atoms with Gasteiger partial charge in [-0.25, -0.2) is 0 Å². The number of non-ortho nitro benzene ring substituents is 1. The zero-order valence-corrected chi connectivity index (χ0v) is 18.9. The zero-order valence-electron chi connectivity index (χ0n) is 18.9. The fourth-order valence-electron chi connectivity index (χ4n) is 4.09. The van der Waals surface area contributed by atoms with Crippen molar-refractivity contribution in [3.8, 4) is 11.3 Å². The van der Waals surface area contributed by atoms with Gasteiger partial charge in [-0.1, -0.05) is 36.4 Å². The molecule has 1 saturated heterocycles. The van der Waals surface area contributed by atoms with Crippen molar-refractivity contribution < 1.29 is 18.9 Å². The summed E-state index contributed by atoms with van der Waals surface area (Å²) in [7, 11) is 0. The van der Waals surface area contributed by atoms with Crippen LogP contribution in [0, 0.1) is 10.1 Å². The molecule has 3 aromatic carbocycles. The second-order valence-corrected chi connectivity index (χ2v) is 8.04. The molecular weight excluding hydrogens is 446 g/mol. The Morgan fingerprint density at radius 2 is 1.43 bits per heavy atom. The normalized spacial score (nSPS) is 13.4. The fraction of sp³-hybridized carbons (Fsp3) is 0.148. The molecule has 0 bridgehead atoms. The summed E-state index contributed by atoms with van der Waals surface area (Å²) in [5, 5.41) is 11.1. The third kappa shape index (κ3) is 4.64. The standard InChI is InChI=1S/C27H23N3O5/c31-27(28-15-17-34-18-16-28)24-19-25(35-26(24)20-11-13-23(14-12-20)30(32)33)29(21-7-3-1-4-8-21)22-9-5-2-6-10-22/h1-14,19H,15-18H2. The second kappa shape index (κ2) is 9.82. The lowest BCUT2D eigenvalue weighted by Gasteiger charge is -2.26. The van der Waals surface area contributed by atoms with Crippen LogP contribution in [0.2, 0.25) is 0 Å². The molecule has 0 spiro atoms. The van der Waals surface area contributed by atoms with Crippen LogP contribution in [-0.4, -0.2) is 42.0 Å². The molecule has 5 rings (SSSR count). The molecule has 0 aliphatic carbocycles. The van der Waals surface area contributed by atoms with Crippen molar-refractivity contribution >= 4 is 28.9 Å². The lowest BCUT2D eigenvalue weighted by Crippen LogP contribution is -2.40. The van der Waals surface area contributed by atoms with Crippen LogP contribution in [0.15, 0.2) is 95.4 Å². The first-order chi connectivity index (χ1) is 17.1. The van der Waals surface area contributed by atoms with E-state index in [1.165, 1.54) is 12.1 Å². The average Bonchev–Trinajstić information content (AvgIpc) is 3.35. The summed E-state index contributed by atoms with van der Waals surface area (Å²) in [5.74, 6) is 0.661. The maximum atomic E-state index is 13.6. The molecule has 0 unspecified atom stereocenters. The van der Waals surface area contributed by atoms with Gasteiger partial charge in [-0.15, -0.1) is 0 Å². The minimum absolute atomic E-state index is 0.0308. The molecule has 176 valence electrons. The number of nitrogens with zero attached hydrogens (tertiary/aromatic N) is 3. The summed E-state index contributed by atoms with van der Waals surface area (Å²) >= 11 is 0. The number of carbonyl (C=O) groups is 1. The van der Waals surface area contributed by atoms with E-state index in [2.05, 4.69) is 0 Å². The summed E-state index contributed by atoms with van der Waals surface area (Å²) < 4.78 is 11.8. The van der Waals surface area contributed by atoms with Crippen molar-refractivity contribution in [2.45, 2.75) is 0 Å². The Kier molecular flexibility index (Phi) is 6.28. The Morgan fingerprint density at radius 3 is 1.97 bits per heavy atom. The molecule has 2 heterocycles. The molecule has 1 aliphatic heterocycles. The topological polar surface area (TPSA) is 89.1 Å². The fourth-order valence-corrected chi connectivity index (χ4v) is 4.09. The van der Waals surface area contributed by atoms with Gasteiger partial charge in [-0.2, -0.15) is 0 Å². The van der Waals surface area contributed by atoms with Crippen molar-refractivity contribution in [2.24, 2.45) is 0 Å². The summed E-state index contributed by atoms with van der Waals surface area (Å²) in [6.45, 7) is 1.92. The number of morpholine rings is 1. The van der Waals surface area contributed by atoms with E-state index in [9.17, 15) is 14.9 Å². The van der Waals surface area contributed by atoms with Gasteiger partial charge in [0.05, 0.1) is 23.7 Å². The third-order valence-corrected chi connectivity index (χ3v) is 5.84. The molecule has 0 N–H and O–H groups in total. The monoisotopic (exact) mass is 469 g/mol. The van der Waals surface area contributed by atoms with Crippen LogP contribution >= 0.6 is 0 Å². The Hall–Kier alpha value is -4.43. The molecule has 1 amide bonds. The molecule has 8 heteroatoms. The number of amides is 1. The van der Waals surface area contributed by atoms with E-state index in [1.54, 1.807) is 23.1 Å². The molecule has 0 radical (unpaired) electrons. The SMILES string of the molecule is O=C(c1cc(N(c2ccccc2)c2ccccc2)oc1-c1ccc([N+](=O)[O-])cc1)N1CCOCC1. The van der Waals surface area contributed by atoms with Crippen LogP contribution in [0.4, 0.5) is 22.9 Å². The lowest BCUT2D eigenvalue weighted by molar-refractivity contribution is -0.384. The number of carbonyl (C=O) groups excluding carboxylic acids is 1. The molecule has 1 fully saturated rings. The van der Waals surface area contributed by atoms with E-state index in [0.29, 0.717) is 49.1 Å². The Bertz CT molecular complexity index is 1270. The van der Waals surface area contributed by atoms with Gasteiger partial charge in [0, 0.05) is 48.2 Å². The van der Waals surface area contributed by atoms with Gasteiger partial charge in [-0.05, 0) is 36.4 Å². The number of benzene rings is 3. The number of rotatable bonds is 6. The smallest absolute Gasteiger partial charge is 0.269 e. The van der Waals surface area contributed by atoms with Crippen LogP contribution in [0.3, 0.4) is 0 Å². The van der Waals surface area contributed by atoms with Crippen LogP contribution in [0.5, 0.6) is 0 Å². The number of furan rings is 1. The van der Waals surface area contributed by atoms with Crippen LogP contribution in [0.25, 0.3) is 11.3 Å². The predicted molar refractivity (Wildman–Crippen MR) is 132 cm³/mol. The van der Waals surface area contributed by atoms with Gasteiger partial charge in [0.25, 0.3) is 11.6 Å². The average molecular weight is 469 g/mol. The molecule has 0 saturated carbocycles. The first-order valence-corrected chi connectivity index (χ1v) is 11.3. The number of para-hydroxylation sites is 2. The number of hydrogen-bond acceptors (Lipinski definition) is 6. The maximum Gasteiger partial charge on any atom is 0.269 e. The van der Waals surface area contributed by atoms with Gasteiger partial charge in [0.2, 0.25) is 5.88 Å². The minimum atomic E-state index is -0.455. The molecule has 8 nitrogen and oxygen atoms in total. The van der Waals surface area contributed by atoms with Crippen LogP contribution < -0.4 is 4.90 Å². The first-order valence-electron chi connectivity index (χ1n) is 11.3. The van der Waals surface area contributed by atoms with Crippen LogP contribution in [-0.2, 0) is 4.74 Å². The van der Waals surface area contributed by atoms with Crippen molar-refractivity contribution in [3.63, 3.8) is 0 Å². The second-order valence-electron chi connectivity index (χ2n) is 8.04. The predicted octanol–water partition coefficient (Wildman–Crippen LogP) is 5.80. The van der Waals surface area contributed by atoms with E-state index >= 15 is 0 Å². The highest BCUT2D eigenvalue weighted by Crippen LogP contribution is 2.40. The molecule has 0 atom stereocenters. The summed E-state index contributed by atoms with van der Waals surface area (Å²) in [6.07, 6.45) is 0. The maximum absolute atomic E-state index is 13.6. The van der Waals surface area contributed by atoms with Gasteiger partial charge in [-0.3, -0.25) is 19.8 Å². The van der Waals surface area contributed by atoms with E-state index in [-0.39, 0.29) is 11.6 Å². The highest BCUT2D eigenvalue weighted by atomic mass is 16.6. The van der Waals surface area contributed by atoms with Crippen molar-refractivity contribution in [1.29, 1.82) is 0 Å². The van der Waals surface area contributed by atoms with Gasteiger partial charge in [0.15, 0.2) is 0 Å². The van der Waals surface area contributed by atoms with E-state index < -0.39 is 4.92 Å². The molecule has 1 aliphatic rings. The highest BCUT2D eigenvalue weighted by Gasteiger charge is 2.28. The van der Waals surface area contributed by atoms with E-state index in [4.69, 9.17) is 9.15 Å². The van der Waals surface area contributed by atoms with Crippen molar-refractivity contribution in [3.05, 3.63) is 107 Å². The number of nitro benzene ring substituents is 1. The summed E-state index contributed by atoms with van der Waals surface area (Å²) in [4.78, 5) is 27.9. The number of nitro groups is 1. The van der Waals surface area contributed by atoms with Crippen molar-refractivity contribution in [2.75, 3.05) is 31.2 Å². The molecular formula is C27H23N3O5. The first kappa shape index (κ1) is 22.4. The molecule has 1 aromatic heterocycles. The lowest BCUT2D eigenvalue weighted by atomic mass is 10.1. The van der Waals surface area contributed by atoms with E-state index in [0.717, 1.165) is 11.4 Å². The number of anilines is 3. The van der Waals surface area contributed by atoms with E-state index in [1.807, 2.05) is 65.6 Å². The van der Waals surface area contributed by atoms with Gasteiger partial charge < -0.3 is 14.1 Å². The largest absolute Gasteiger partial charge is 0.439 e. The Morgan fingerprint density at radius 1 is 0.857 bits per heavy atom. The number of hydrogen-bond donors (Lipinski definition) is 0. The Balaban J connectivity index is 1.64. The van der Waals surface area contributed by atoms with Crippen LogP contribution in [0.1, 0.15) is 10.4 Å². The quantitative estimate of drug-likeness (QED) is 0.262. The Labute approximate surface area is 202 Å². The van der Waals surface area contributed by atoms with Gasteiger partial charge >= 0.3 is 0 Å². The van der Waals surface area contributed by atoms with Gasteiger partial charge in [0.1, 0.15) is 5.76 Å². The number of ether oxygens (including phenoxy) is 1. The summed E-state index contributed by atoms with van der Waals surface area (Å²) in [5.41, 5.74) is 2.69. The highest BCUT2D eigenvalue weighted by molar-refractivity contribution is 6.01. The summed E-state index contributed by atoms with van der Waals surface area (Å²) in [6, 6.07) is 27.2. The molecule has 4 aromatic rings. The minimum Gasteiger partial charge on any atom is -0.439 e. The van der Waals surface area contributed by atoms with Crippen molar-refractivity contribution in [1.82, 2.24) is 4.90 Å². The zero-order chi connectivity index (χ0) is 24.2. The third-order valence-electron chi connectivity index (χ3n) is 5.84.